The summed E-state index contributed by atoms with van der Waals surface area (Å²) in [6.45, 7) is 3.18. The van der Waals surface area contributed by atoms with Gasteiger partial charge in [0.05, 0.1) is 4.90 Å². The van der Waals surface area contributed by atoms with Crippen LogP contribution in [0.5, 0.6) is 0 Å². The lowest BCUT2D eigenvalue weighted by molar-refractivity contribution is 0.0698. The molecule has 2 heterocycles. The fourth-order valence-electron chi connectivity index (χ4n) is 4.35. The van der Waals surface area contributed by atoms with Gasteiger partial charge in [-0.2, -0.15) is 4.31 Å². The van der Waals surface area contributed by atoms with E-state index in [0.717, 1.165) is 32.1 Å². The third kappa shape index (κ3) is 4.87. The van der Waals surface area contributed by atoms with E-state index in [1.54, 1.807) is 23.2 Å². The highest BCUT2D eigenvalue weighted by Crippen LogP contribution is 2.26. The Kier molecular flexibility index (Phi) is 6.44. The molecule has 35 heavy (non-hydrogen) atoms. The van der Waals surface area contributed by atoms with E-state index in [1.165, 1.54) is 4.31 Å². The van der Waals surface area contributed by atoms with Crippen LogP contribution in [-0.4, -0.2) is 54.7 Å². The molecule has 0 aliphatic carbocycles. The average molecular weight is 550 g/mol. The summed E-state index contributed by atoms with van der Waals surface area (Å²) in [5.41, 5.74) is 3.60. The maximum absolute atomic E-state index is 13.2. The van der Waals surface area contributed by atoms with Gasteiger partial charge in [0.25, 0.3) is 5.91 Å². The Morgan fingerprint density at radius 3 is 2.23 bits per heavy atom. The molecule has 178 valence electrons. The molecule has 0 atom stereocenters. The number of benzene rings is 3. The van der Waals surface area contributed by atoms with Gasteiger partial charge in [0.15, 0.2) is 0 Å². The Balaban J connectivity index is 1.26. The maximum atomic E-state index is 13.2. The van der Waals surface area contributed by atoms with Crippen LogP contribution in [0.25, 0.3) is 21.9 Å². The molecule has 1 aliphatic rings. The Morgan fingerprint density at radius 1 is 0.829 bits per heavy atom. The van der Waals surface area contributed by atoms with Crippen LogP contribution in [0.15, 0.2) is 88.4 Å². The minimum Gasteiger partial charge on any atom is -0.336 e. The van der Waals surface area contributed by atoms with Crippen LogP contribution in [0, 0.1) is 6.92 Å². The van der Waals surface area contributed by atoms with Crippen molar-refractivity contribution in [3.8, 4) is 11.1 Å². The lowest BCUT2D eigenvalue weighted by Crippen LogP contribution is -2.50. The summed E-state index contributed by atoms with van der Waals surface area (Å²) >= 11 is 3.44. The number of carbonyl (C=O) groups excluding carboxylic acids is 1. The second-order valence-electron chi connectivity index (χ2n) is 8.61. The molecule has 1 fully saturated rings. The van der Waals surface area contributed by atoms with Gasteiger partial charge in [0.1, 0.15) is 0 Å². The molecule has 6 nitrogen and oxygen atoms in total. The molecular formula is C27H24BrN3O3S. The van der Waals surface area contributed by atoms with E-state index in [2.05, 4.69) is 20.9 Å². The molecule has 0 saturated carbocycles. The number of aryl methyl sites for hydroxylation is 1. The van der Waals surface area contributed by atoms with Gasteiger partial charge in [-0.15, -0.1) is 0 Å². The van der Waals surface area contributed by atoms with E-state index < -0.39 is 10.0 Å². The summed E-state index contributed by atoms with van der Waals surface area (Å²) in [7, 11) is -3.64. The lowest BCUT2D eigenvalue weighted by atomic mass is 10.0. The number of halogens is 1. The molecule has 1 aliphatic heterocycles. The van der Waals surface area contributed by atoms with Gasteiger partial charge in [0.2, 0.25) is 10.0 Å². The van der Waals surface area contributed by atoms with E-state index in [-0.39, 0.29) is 23.9 Å². The van der Waals surface area contributed by atoms with Crippen molar-refractivity contribution >= 4 is 42.6 Å². The second-order valence-corrected chi connectivity index (χ2v) is 11.5. The van der Waals surface area contributed by atoms with Crippen molar-refractivity contribution in [1.29, 1.82) is 0 Å². The lowest BCUT2D eigenvalue weighted by Gasteiger charge is -2.34. The Labute approximate surface area is 213 Å². The van der Waals surface area contributed by atoms with Crippen LogP contribution < -0.4 is 0 Å². The number of piperazine rings is 1. The average Bonchev–Trinajstić information content (AvgIpc) is 2.88. The highest BCUT2D eigenvalue weighted by atomic mass is 79.9. The van der Waals surface area contributed by atoms with Gasteiger partial charge in [-0.05, 0) is 77.4 Å². The minimum absolute atomic E-state index is 0.0872. The summed E-state index contributed by atoms with van der Waals surface area (Å²) in [5.74, 6) is -0.0872. The molecule has 0 spiro atoms. The monoisotopic (exact) mass is 549 g/mol. The molecule has 0 bridgehead atoms. The van der Waals surface area contributed by atoms with E-state index in [9.17, 15) is 13.2 Å². The summed E-state index contributed by atoms with van der Waals surface area (Å²) in [6, 6.07) is 22.4. The van der Waals surface area contributed by atoms with E-state index in [0.29, 0.717) is 18.7 Å². The molecule has 1 amide bonds. The van der Waals surface area contributed by atoms with Crippen LogP contribution >= 0.6 is 15.9 Å². The number of fused-ring (bicyclic) bond motifs is 1. The largest absolute Gasteiger partial charge is 0.336 e. The van der Waals surface area contributed by atoms with Crippen molar-refractivity contribution in [2.45, 2.75) is 11.8 Å². The van der Waals surface area contributed by atoms with Crippen LogP contribution in [0.3, 0.4) is 0 Å². The van der Waals surface area contributed by atoms with Crippen molar-refractivity contribution in [1.82, 2.24) is 14.2 Å². The van der Waals surface area contributed by atoms with Crippen LogP contribution in [0.1, 0.15) is 16.1 Å². The number of nitrogens with zero attached hydrogens (tertiary/aromatic N) is 3. The third-order valence-electron chi connectivity index (χ3n) is 6.30. The smallest absolute Gasteiger partial charge is 0.253 e. The molecule has 0 radical (unpaired) electrons. The molecule has 5 rings (SSSR count). The fraction of sp³-hybridized carbons (Fsp3) is 0.185. The number of pyridine rings is 1. The predicted molar refractivity (Wildman–Crippen MR) is 141 cm³/mol. The van der Waals surface area contributed by atoms with Gasteiger partial charge in [0, 0.05) is 48.1 Å². The first-order chi connectivity index (χ1) is 16.8. The number of carbonyl (C=O) groups is 1. The molecule has 1 saturated heterocycles. The van der Waals surface area contributed by atoms with Gasteiger partial charge < -0.3 is 4.90 Å². The molecule has 0 unspecified atom stereocenters. The Hall–Kier alpha value is -3.07. The van der Waals surface area contributed by atoms with E-state index in [1.807, 2.05) is 67.6 Å². The van der Waals surface area contributed by atoms with Crippen molar-refractivity contribution in [2.75, 3.05) is 26.2 Å². The van der Waals surface area contributed by atoms with Crippen LogP contribution in [-0.2, 0) is 10.0 Å². The topological polar surface area (TPSA) is 70.6 Å². The van der Waals surface area contributed by atoms with E-state index in [4.69, 9.17) is 0 Å². The van der Waals surface area contributed by atoms with Crippen molar-refractivity contribution < 1.29 is 13.2 Å². The van der Waals surface area contributed by atoms with Crippen LogP contribution in [0.2, 0.25) is 0 Å². The standard InChI is InChI=1S/C27H24BrN3O3S/c1-19-16-24(10-11-29-19)20-2-4-21(5-3-20)27(32)30-12-14-31(15-13-30)35(33,34)26-9-7-22-17-25(28)8-6-23(22)18-26/h2-11,16-18H,12-15H2,1H3. The number of amides is 1. The highest BCUT2D eigenvalue weighted by molar-refractivity contribution is 9.10. The van der Waals surface area contributed by atoms with Crippen LogP contribution in [0.4, 0.5) is 0 Å². The fourth-order valence-corrected chi connectivity index (χ4v) is 6.19. The van der Waals surface area contributed by atoms with Crippen molar-refractivity contribution in [3.05, 3.63) is 94.7 Å². The molecule has 3 aromatic carbocycles. The summed E-state index contributed by atoms with van der Waals surface area (Å²) in [6.07, 6.45) is 1.77. The third-order valence-corrected chi connectivity index (χ3v) is 8.69. The minimum atomic E-state index is -3.64. The van der Waals surface area contributed by atoms with Gasteiger partial charge in [-0.3, -0.25) is 9.78 Å². The number of hydrogen-bond acceptors (Lipinski definition) is 4. The zero-order valence-corrected chi connectivity index (χ0v) is 21.6. The normalized spacial score (nSPS) is 14.9. The number of rotatable bonds is 4. The maximum Gasteiger partial charge on any atom is 0.253 e. The molecule has 1 aromatic heterocycles. The molecule has 8 heteroatoms. The first kappa shape index (κ1) is 23.7. The van der Waals surface area contributed by atoms with Gasteiger partial charge in [-0.25, -0.2) is 8.42 Å². The number of hydrogen-bond donors (Lipinski definition) is 0. The zero-order valence-electron chi connectivity index (χ0n) is 19.2. The summed E-state index contributed by atoms with van der Waals surface area (Å²) in [4.78, 5) is 19.3. The number of aromatic nitrogens is 1. The second kappa shape index (κ2) is 9.53. The van der Waals surface area contributed by atoms with Gasteiger partial charge >= 0.3 is 0 Å². The summed E-state index contributed by atoms with van der Waals surface area (Å²) < 4.78 is 28.9. The predicted octanol–water partition coefficient (Wildman–Crippen LogP) is 5.12. The Morgan fingerprint density at radius 2 is 1.51 bits per heavy atom. The first-order valence-corrected chi connectivity index (χ1v) is 13.6. The Bertz CT molecular complexity index is 1510. The summed E-state index contributed by atoms with van der Waals surface area (Å²) in [5, 5.41) is 1.84. The van der Waals surface area contributed by atoms with E-state index >= 15 is 0 Å². The first-order valence-electron chi connectivity index (χ1n) is 11.3. The van der Waals surface area contributed by atoms with Crippen molar-refractivity contribution in [2.24, 2.45) is 0 Å². The SMILES string of the molecule is Cc1cc(-c2ccc(C(=O)N3CCN(S(=O)(=O)c4ccc5cc(Br)ccc5c4)CC3)cc2)ccn1. The number of sulfonamides is 1. The molecule has 4 aromatic rings. The molecular weight excluding hydrogens is 526 g/mol. The quantitative estimate of drug-likeness (QED) is 0.354. The van der Waals surface area contributed by atoms with Crippen molar-refractivity contribution in [3.63, 3.8) is 0 Å². The van der Waals surface area contributed by atoms with Gasteiger partial charge in [-0.1, -0.05) is 40.2 Å². The highest BCUT2D eigenvalue weighted by Gasteiger charge is 2.30. The zero-order chi connectivity index (χ0) is 24.6. The molecule has 0 N–H and O–H groups in total.